The van der Waals surface area contributed by atoms with E-state index in [-0.39, 0.29) is 31.4 Å². The average molecular weight is 578 g/mol. The molecule has 6 rings (SSSR count). The number of carbonyl (C=O) groups is 3. The van der Waals surface area contributed by atoms with Gasteiger partial charge in [0.05, 0.1) is 19.3 Å². The molecule has 3 aromatic rings. The van der Waals surface area contributed by atoms with Gasteiger partial charge in [0, 0.05) is 6.54 Å². The Kier molecular flexibility index (Phi) is 7.84. The second-order valence-corrected chi connectivity index (χ2v) is 11.0. The summed E-state index contributed by atoms with van der Waals surface area (Å²) in [6.07, 6.45) is 0.918. The zero-order chi connectivity index (χ0) is 27.0. The topological polar surface area (TPSA) is 109 Å². The van der Waals surface area contributed by atoms with Gasteiger partial charge in [-0.05, 0) is 16.7 Å². The van der Waals surface area contributed by atoms with Gasteiger partial charge in [-0.25, -0.2) is 14.6 Å². The summed E-state index contributed by atoms with van der Waals surface area (Å²) >= 11 is 1.21. The van der Waals surface area contributed by atoms with Gasteiger partial charge >= 0.3 is 12.0 Å². The standard InChI is InChI=1S/C29H27N5O4S.ClH/c30-23-25(35)32-19-29(39-26(23)32,33-16-17-34(28(33)37)31-18-20-10-4-1-5-11-20)27(36)38-24(21-12-6-2-7-13-21)22-14-8-3-9-15-22;/h1-15,18,23-24,26H,16-17,19,30H2;1H/t23-,26-,29-;/m1./s1. The zero-order valence-corrected chi connectivity index (χ0v) is 23.0. The quantitative estimate of drug-likeness (QED) is 0.262. The van der Waals surface area contributed by atoms with Crippen molar-refractivity contribution in [2.24, 2.45) is 10.8 Å². The molecule has 206 valence electrons. The average Bonchev–Trinajstić information content (AvgIpc) is 3.55. The van der Waals surface area contributed by atoms with Crippen LogP contribution in [0.3, 0.4) is 0 Å². The molecule has 3 amide bonds. The van der Waals surface area contributed by atoms with E-state index >= 15 is 0 Å². The predicted octanol–water partition coefficient (Wildman–Crippen LogP) is 3.45. The zero-order valence-electron chi connectivity index (χ0n) is 21.4. The molecule has 0 bridgehead atoms. The highest BCUT2D eigenvalue weighted by Crippen LogP contribution is 2.50. The number of carbonyl (C=O) groups excluding carboxylic acids is 3. The Morgan fingerprint density at radius 2 is 1.52 bits per heavy atom. The first-order valence-corrected chi connectivity index (χ1v) is 13.6. The number of benzene rings is 3. The predicted molar refractivity (Wildman–Crippen MR) is 155 cm³/mol. The SMILES string of the molecule is Cl.N[C@@H]1C(=O)N2C[C@@](C(=O)OC(c3ccccc3)c3ccccc3)(N3CCN(N=Cc4ccccc4)C3=O)S[C@H]12. The summed E-state index contributed by atoms with van der Waals surface area (Å²) in [7, 11) is 0. The fourth-order valence-corrected chi connectivity index (χ4v) is 6.74. The van der Waals surface area contributed by atoms with Crippen LogP contribution in [0.15, 0.2) is 96.1 Å². The Bertz CT molecular complexity index is 1370. The maximum atomic E-state index is 14.2. The number of thioether (sulfide) groups is 1. The minimum atomic E-state index is -1.45. The molecular formula is C29H28ClN5O4S. The third-order valence-corrected chi connectivity index (χ3v) is 8.90. The fraction of sp³-hybridized carbons (Fsp3) is 0.241. The monoisotopic (exact) mass is 577 g/mol. The third-order valence-electron chi connectivity index (χ3n) is 7.20. The maximum absolute atomic E-state index is 14.2. The molecule has 0 radical (unpaired) electrons. The molecule has 0 aliphatic carbocycles. The minimum Gasteiger partial charge on any atom is -0.450 e. The molecule has 0 unspecified atom stereocenters. The number of nitrogens with two attached hydrogens (primary N) is 1. The number of hydrogen-bond acceptors (Lipinski definition) is 7. The van der Waals surface area contributed by atoms with E-state index in [1.54, 1.807) is 11.1 Å². The van der Waals surface area contributed by atoms with Crippen LogP contribution >= 0.6 is 24.2 Å². The third kappa shape index (κ3) is 4.83. The van der Waals surface area contributed by atoms with Crippen LogP contribution in [0.25, 0.3) is 0 Å². The number of β-lactam (4-membered cyclic amide) rings is 1. The van der Waals surface area contributed by atoms with Gasteiger partial charge in [-0.1, -0.05) is 103 Å². The number of hydrazone groups is 1. The summed E-state index contributed by atoms with van der Waals surface area (Å²) in [5, 5.41) is 5.31. The first-order valence-electron chi connectivity index (χ1n) is 12.7. The Labute approximate surface area is 242 Å². The number of hydrogen-bond donors (Lipinski definition) is 1. The van der Waals surface area contributed by atoms with Crippen molar-refractivity contribution >= 4 is 48.3 Å². The molecule has 0 saturated carbocycles. The van der Waals surface area contributed by atoms with Crippen LogP contribution in [0.2, 0.25) is 0 Å². The van der Waals surface area contributed by atoms with E-state index in [4.69, 9.17) is 10.5 Å². The van der Waals surface area contributed by atoms with Crippen molar-refractivity contribution in [1.82, 2.24) is 14.8 Å². The number of halogens is 1. The van der Waals surface area contributed by atoms with Gasteiger partial charge in [-0.15, -0.1) is 12.4 Å². The number of nitrogens with zero attached hydrogens (tertiary/aromatic N) is 4. The molecule has 40 heavy (non-hydrogen) atoms. The van der Waals surface area contributed by atoms with Crippen LogP contribution in [-0.2, 0) is 14.3 Å². The Morgan fingerprint density at radius 3 is 2.10 bits per heavy atom. The number of rotatable bonds is 7. The van der Waals surface area contributed by atoms with Gasteiger partial charge in [0.15, 0.2) is 6.10 Å². The van der Waals surface area contributed by atoms with Crippen LogP contribution in [0.1, 0.15) is 22.8 Å². The highest BCUT2D eigenvalue weighted by atomic mass is 35.5. The van der Waals surface area contributed by atoms with Crippen LogP contribution in [0.4, 0.5) is 4.79 Å². The van der Waals surface area contributed by atoms with E-state index in [1.165, 1.54) is 21.7 Å². The van der Waals surface area contributed by atoms with Crippen molar-refractivity contribution in [2.75, 3.05) is 19.6 Å². The van der Waals surface area contributed by atoms with Crippen molar-refractivity contribution in [3.05, 3.63) is 108 Å². The number of fused-ring (bicyclic) bond motifs is 1. The van der Waals surface area contributed by atoms with Crippen molar-refractivity contribution in [2.45, 2.75) is 22.4 Å². The second kappa shape index (κ2) is 11.3. The Morgan fingerprint density at radius 1 is 0.950 bits per heavy atom. The molecule has 11 heteroatoms. The number of urea groups is 1. The summed E-state index contributed by atoms with van der Waals surface area (Å²) in [5.74, 6) is -0.836. The van der Waals surface area contributed by atoms with Gasteiger partial charge < -0.3 is 15.4 Å². The minimum absolute atomic E-state index is 0. The van der Waals surface area contributed by atoms with Crippen LogP contribution in [-0.4, -0.2) is 74.9 Å². The second-order valence-electron chi connectivity index (χ2n) is 9.60. The Hall–Kier alpha value is -3.86. The van der Waals surface area contributed by atoms with E-state index in [0.717, 1.165) is 16.7 Å². The first kappa shape index (κ1) is 27.7. The molecule has 3 atom stereocenters. The van der Waals surface area contributed by atoms with Crippen molar-refractivity contribution in [1.29, 1.82) is 0 Å². The fourth-order valence-electron chi connectivity index (χ4n) is 5.12. The molecule has 9 nitrogen and oxygen atoms in total. The lowest BCUT2D eigenvalue weighted by Gasteiger charge is -2.38. The lowest BCUT2D eigenvalue weighted by molar-refractivity contribution is -0.156. The highest BCUT2D eigenvalue weighted by molar-refractivity contribution is 8.02. The summed E-state index contributed by atoms with van der Waals surface area (Å²) in [6, 6.07) is 27.2. The lowest BCUT2D eigenvalue weighted by Crippen LogP contribution is -2.65. The van der Waals surface area contributed by atoms with Gasteiger partial charge in [0.1, 0.15) is 11.4 Å². The van der Waals surface area contributed by atoms with E-state index in [2.05, 4.69) is 5.10 Å². The molecule has 2 N–H and O–H groups in total. The van der Waals surface area contributed by atoms with E-state index < -0.39 is 34.4 Å². The van der Waals surface area contributed by atoms with Crippen molar-refractivity contribution in [3.8, 4) is 0 Å². The summed E-state index contributed by atoms with van der Waals surface area (Å²) in [6.45, 7) is 0.549. The van der Waals surface area contributed by atoms with E-state index in [0.29, 0.717) is 6.54 Å². The summed E-state index contributed by atoms with van der Waals surface area (Å²) in [5.41, 5.74) is 8.53. The summed E-state index contributed by atoms with van der Waals surface area (Å²) in [4.78, 5) is 41.9. The Balaban J connectivity index is 0.00000323. The maximum Gasteiger partial charge on any atom is 0.345 e. The van der Waals surface area contributed by atoms with E-state index in [1.807, 2.05) is 91.0 Å². The molecule has 3 aromatic carbocycles. The van der Waals surface area contributed by atoms with Crippen LogP contribution < -0.4 is 5.73 Å². The first-order chi connectivity index (χ1) is 19.0. The molecule has 3 fully saturated rings. The van der Waals surface area contributed by atoms with Crippen LogP contribution in [0, 0.1) is 0 Å². The number of ether oxygens (including phenoxy) is 1. The molecule has 0 aromatic heterocycles. The largest absolute Gasteiger partial charge is 0.450 e. The normalized spacial score (nSPS) is 23.8. The highest BCUT2D eigenvalue weighted by Gasteiger charge is 2.66. The van der Waals surface area contributed by atoms with Crippen molar-refractivity contribution in [3.63, 3.8) is 0 Å². The molecule has 3 aliphatic rings. The lowest BCUT2D eigenvalue weighted by atomic mass is 10.0. The number of amides is 3. The van der Waals surface area contributed by atoms with Gasteiger partial charge in [-0.2, -0.15) is 5.10 Å². The molecule has 3 aliphatic heterocycles. The molecule has 0 spiro atoms. The van der Waals surface area contributed by atoms with E-state index in [9.17, 15) is 14.4 Å². The molecule has 3 saturated heterocycles. The smallest absolute Gasteiger partial charge is 0.345 e. The number of esters is 1. The van der Waals surface area contributed by atoms with Crippen molar-refractivity contribution < 1.29 is 19.1 Å². The molecular weight excluding hydrogens is 550 g/mol. The van der Waals surface area contributed by atoms with Gasteiger partial charge in [-0.3, -0.25) is 9.69 Å². The van der Waals surface area contributed by atoms with Gasteiger partial charge in [0.2, 0.25) is 10.8 Å². The molecule has 3 heterocycles. The summed E-state index contributed by atoms with van der Waals surface area (Å²) < 4.78 is 6.24. The van der Waals surface area contributed by atoms with Gasteiger partial charge in [0.25, 0.3) is 0 Å². The van der Waals surface area contributed by atoms with Crippen LogP contribution in [0.5, 0.6) is 0 Å².